The van der Waals surface area contributed by atoms with Gasteiger partial charge in [0.2, 0.25) is 21.3 Å². The smallest absolute Gasteiger partial charge is 0.247 e. The van der Waals surface area contributed by atoms with E-state index in [0.717, 1.165) is 6.26 Å². The monoisotopic (exact) mass is 434 g/mol. The Balaban J connectivity index is 1.78. The highest BCUT2D eigenvalue weighted by Crippen LogP contribution is 2.33. The largest absolute Gasteiger partial charge is 0.396 e. The molecular formula is C19H19FN4O5S. The Bertz CT molecular complexity index is 1140. The summed E-state index contributed by atoms with van der Waals surface area (Å²) in [6.45, 7) is 0.551. The quantitative estimate of drug-likeness (QED) is 0.581. The normalized spacial score (nSPS) is 19.7. The van der Waals surface area contributed by atoms with E-state index < -0.39 is 21.9 Å². The average molecular weight is 434 g/mol. The van der Waals surface area contributed by atoms with Crippen molar-refractivity contribution in [2.24, 2.45) is 5.92 Å². The number of benzene rings is 1. The van der Waals surface area contributed by atoms with Crippen LogP contribution in [-0.4, -0.2) is 59.5 Å². The van der Waals surface area contributed by atoms with E-state index in [1.54, 1.807) is 18.2 Å². The fourth-order valence-corrected chi connectivity index (χ4v) is 3.49. The summed E-state index contributed by atoms with van der Waals surface area (Å²) >= 11 is 0. The third-order valence-electron chi connectivity index (χ3n) is 4.51. The zero-order valence-corrected chi connectivity index (χ0v) is 16.8. The van der Waals surface area contributed by atoms with Crippen LogP contribution in [0.15, 0.2) is 41.7 Å². The molecule has 0 bridgehead atoms. The number of aromatic nitrogens is 4. The second kappa shape index (κ2) is 8.19. The number of rotatable bonds is 5. The second-order valence-electron chi connectivity index (χ2n) is 6.90. The van der Waals surface area contributed by atoms with E-state index in [1.165, 1.54) is 18.3 Å². The molecule has 0 saturated carbocycles. The SMILES string of the molecule is CS(=O)(=O)c1nccc(-c2[nH]c(C3OCC(CO)CO3)nc2-c2ccc(F)cc2)n1. The molecule has 30 heavy (non-hydrogen) atoms. The topological polar surface area (TPSA) is 127 Å². The molecule has 0 aliphatic carbocycles. The lowest BCUT2D eigenvalue weighted by molar-refractivity contribution is -0.213. The van der Waals surface area contributed by atoms with Gasteiger partial charge in [-0.05, 0) is 30.3 Å². The van der Waals surface area contributed by atoms with E-state index in [9.17, 15) is 17.9 Å². The minimum Gasteiger partial charge on any atom is -0.396 e. The molecule has 0 amide bonds. The molecular weight excluding hydrogens is 415 g/mol. The molecule has 1 aliphatic heterocycles. The summed E-state index contributed by atoms with van der Waals surface area (Å²) < 4.78 is 48.4. The van der Waals surface area contributed by atoms with Crippen molar-refractivity contribution < 1.29 is 27.4 Å². The Labute approximate surface area is 171 Å². The van der Waals surface area contributed by atoms with Crippen molar-refractivity contribution in [1.82, 2.24) is 19.9 Å². The van der Waals surface area contributed by atoms with Crippen LogP contribution in [0.25, 0.3) is 22.6 Å². The summed E-state index contributed by atoms with van der Waals surface area (Å²) in [6, 6.07) is 7.26. The minimum atomic E-state index is -3.62. The van der Waals surface area contributed by atoms with E-state index in [4.69, 9.17) is 9.47 Å². The lowest BCUT2D eigenvalue weighted by Crippen LogP contribution is -2.29. The molecule has 0 radical (unpaired) electrons. The summed E-state index contributed by atoms with van der Waals surface area (Å²) in [5.41, 5.74) is 1.74. The molecule has 2 aromatic heterocycles. The first-order valence-corrected chi connectivity index (χ1v) is 11.0. The average Bonchev–Trinajstić information content (AvgIpc) is 3.19. The number of aliphatic hydroxyl groups excluding tert-OH is 1. The number of sulfone groups is 1. The van der Waals surface area contributed by atoms with Gasteiger partial charge in [0.25, 0.3) is 0 Å². The predicted octanol–water partition coefficient (Wildman–Crippen LogP) is 1.73. The Morgan fingerprint density at radius 1 is 1.17 bits per heavy atom. The van der Waals surface area contributed by atoms with Crippen LogP contribution < -0.4 is 0 Å². The Hall–Kier alpha value is -2.73. The number of nitrogens with one attached hydrogen (secondary N) is 1. The van der Waals surface area contributed by atoms with Gasteiger partial charge in [-0.25, -0.2) is 27.8 Å². The molecule has 3 heterocycles. The number of hydrogen-bond acceptors (Lipinski definition) is 8. The number of H-pyrrole nitrogens is 1. The number of nitrogens with zero attached hydrogens (tertiary/aromatic N) is 3. The molecule has 0 unspecified atom stereocenters. The molecule has 11 heteroatoms. The van der Waals surface area contributed by atoms with Crippen molar-refractivity contribution in [3.8, 4) is 22.6 Å². The summed E-state index contributed by atoms with van der Waals surface area (Å²) in [6.07, 6.45) is 1.57. The van der Waals surface area contributed by atoms with Gasteiger partial charge < -0.3 is 19.6 Å². The number of hydrogen-bond donors (Lipinski definition) is 2. The molecule has 3 aromatic rings. The molecule has 2 N–H and O–H groups in total. The summed E-state index contributed by atoms with van der Waals surface area (Å²) in [5, 5.41) is 8.91. The van der Waals surface area contributed by atoms with Crippen molar-refractivity contribution in [2.45, 2.75) is 11.4 Å². The first-order chi connectivity index (χ1) is 14.3. The summed E-state index contributed by atoms with van der Waals surface area (Å²) in [7, 11) is -3.62. The predicted molar refractivity (Wildman–Crippen MR) is 103 cm³/mol. The number of ether oxygens (including phenoxy) is 2. The van der Waals surface area contributed by atoms with E-state index in [0.29, 0.717) is 41.7 Å². The lowest BCUT2D eigenvalue weighted by Gasteiger charge is -2.26. The van der Waals surface area contributed by atoms with Crippen LogP contribution in [0.3, 0.4) is 0 Å². The van der Waals surface area contributed by atoms with Crippen molar-refractivity contribution in [3.05, 3.63) is 48.2 Å². The number of imidazole rings is 1. The van der Waals surface area contributed by atoms with Gasteiger partial charge in [-0.2, -0.15) is 0 Å². The fourth-order valence-electron chi connectivity index (χ4n) is 2.97. The number of halogens is 1. The molecule has 0 atom stereocenters. The van der Waals surface area contributed by atoms with E-state index in [1.807, 2.05) is 0 Å². The second-order valence-corrected chi connectivity index (χ2v) is 8.81. The van der Waals surface area contributed by atoms with Gasteiger partial charge >= 0.3 is 0 Å². The first kappa shape index (κ1) is 20.5. The zero-order chi connectivity index (χ0) is 21.3. The maximum atomic E-state index is 13.4. The van der Waals surface area contributed by atoms with Gasteiger partial charge in [0.1, 0.15) is 5.82 Å². The highest BCUT2D eigenvalue weighted by Gasteiger charge is 2.28. The van der Waals surface area contributed by atoms with Gasteiger partial charge in [0.05, 0.1) is 36.9 Å². The molecule has 1 saturated heterocycles. The van der Waals surface area contributed by atoms with Crippen LogP contribution in [0.1, 0.15) is 12.1 Å². The fraction of sp³-hybridized carbons (Fsp3) is 0.316. The summed E-state index contributed by atoms with van der Waals surface area (Å²) in [5.74, 6) is -0.168. The Morgan fingerprint density at radius 3 is 2.50 bits per heavy atom. The van der Waals surface area contributed by atoms with Crippen LogP contribution in [0, 0.1) is 11.7 Å². The van der Waals surface area contributed by atoms with E-state index in [-0.39, 0.29) is 17.7 Å². The van der Waals surface area contributed by atoms with Crippen molar-refractivity contribution in [3.63, 3.8) is 0 Å². The molecule has 1 fully saturated rings. The number of aromatic amines is 1. The maximum absolute atomic E-state index is 13.4. The van der Waals surface area contributed by atoms with Gasteiger partial charge in [-0.15, -0.1) is 0 Å². The van der Waals surface area contributed by atoms with E-state index in [2.05, 4.69) is 19.9 Å². The zero-order valence-electron chi connectivity index (χ0n) is 15.9. The van der Waals surface area contributed by atoms with Crippen LogP contribution in [0.5, 0.6) is 0 Å². The molecule has 1 aromatic carbocycles. The van der Waals surface area contributed by atoms with Crippen molar-refractivity contribution in [2.75, 3.05) is 26.1 Å². The van der Waals surface area contributed by atoms with Gasteiger partial charge in [-0.3, -0.25) is 0 Å². The first-order valence-electron chi connectivity index (χ1n) is 9.08. The summed E-state index contributed by atoms with van der Waals surface area (Å²) in [4.78, 5) is 15.6. The highest BCUT2D eigenvalue weighted by molar-refractivity contribution is 7.90. The molecule has 1 aliphatic rings. The van der Waals surface area contributed by atoms with Crippen molar-refractivity contribution >= 4 is 9.84 Å². The van der Waals surface area contributed by atoms with Gasteiger partial charge in [0, 0.05) is 23.9 Å². The minimum absolute atomic E-state index is 0.0494. The van der Waals surface area contributed by atoms with Gasteiger partial charge in [0.15, 0.2) is 5.82 Å². The van der Waals surface area contributed by atoms with Gasteiger partial charge in [-0.1, -0.05) is 0 Å². The molecule has 0 spiro atoms. The van der Waals surface area contributed by atoms with Crippen LogP contribution in [0.2, 0.25) is 0 Å². The Kier molecular flexibility index (Phi) is 5.60. The molecule has 9 nitrogen and oxygen atoms in total. The third kappa shape index (κ3) is 4.24. The van der Waals surface area contributed by atoms with Crippen LogP contribution >= 0.6 is 0 Å². The standard InChI is InChI=1S/C19H19FN4O5S/c1-30(26,27)19-21-7-6-14(22-19)16-15(12-2-4-13(20)5-3-12)23-17(24-16)18-28-9-11(8-25)10-29-18/h2-7,11,18,25H,8-10H2,1H3,(H,23,24). The molecule has 158 valence electrons. The van der Waals surface area contributed by atoms with Crippen LogP contribution in [-0.2, 0) is 19.3 Å². The van der Waals surface area contributed by atoms with Crippen LogP contribution in [0.4, 0.5) is 4.39 Å². The number of aliphatic hydroxyl groups is 1. The maximum Gasteiger partial charge on any atom is 0.247 e. The Morgan fingerprint density at radius 2 is 1.87 bits per heavy atom. The van der Waals surface area contributed by atoms with E-state index >= 15 is 0 Å². The highest BCUT2D eigenvalue weighted by atomic mass is 32.2. The lowest BCUT2D eigenvalue weighted by atomic mass is 10.1. The molecule has 4 rings (SSSR count). The van der Waals surface area contributed by atoms with Crippen molar-refractivity contribution in [1.29, 1.82) is 0 Å². The third-order valence-corrected chi connectivity index (χ3v) is 5.37.